The minimum Gasteiger partial charge on any atom is -0.353 e. The van der Waals surface area contributed by atoms with Gasteiger partial charge in [0.15, 0.2) is 0 Å². The van der Waals surface area contributed by atoms with Gasteiger partial charge in [-0.1, -0.05) is 20.3 Å². The molecule has 2 unspecified atom stereocenters. The zero-order valence-electron chi connectivity index (χ0n) is 11.2. The van der Waals surface area contributed by atoms with Gasteiger partial charge in [-0.25, -0.2) is 0 Å². The van der Waals surface area contributed by atoms with Gasteiger partial charge in [0.25, 0.3) is 0 Å². The molecule has 0 aromatic heterocycles. The maximum atomic E-state index is 12.0. The van der Waals surface area contributed by atoms with Crippen molar-refractivity contribution in [1.29, 1.82) is 0 Å². The van der Waals surface area contributed by atoms with E-state index in [0.717, 1.165) is 31.2 Å². The van der Waals surface area contributed by atoms with E-state index in [9.17, 15) is 4.79 Å². The van der Waals surface area contributed by atoms with Crippen LogP contribution in [0.1, 0.15) is 46.0 Å². The van der Waals surface area contributed by atoms with Crippen LogP contribution < -0.4 is 10.6 Å². The molecule has 1 saturated carbocycles. The highest BCUT2D eigenvalue weighted by molar-refractivity contribution is 5.78. The van der Waals surface area contributed by atoms with Crippen LogP contribution in [0, 0.1) is 17.8 Å². The first-order valence-corrected chi connectivity index (χ1v) is 7.21. The molecule has 3 heteroatoms. The highest BCUT2D eigenvalue weighted by Crippen LogP contribution is 2.32. The van der Waals surface area contributed by atoms with E-state index in [0.29, 0.717) is 6.04 Å². The van der Waals surface area contributed by atoms with Gasteiger partial charge in [0.1, 0.15) is 0 Å². The van der Waals surface area contributed by atoms with E-state index in [1.54, 1.807) is 0 Å². The zero-order valence-corrected chi connectivity index (χ0v) is 11.2. The standard InChI is InChI=1S/C14H26N2O/c1-3-4-10(2)14(17)16-13-6-5-11-8-15-9-12(11)7-13/h10-13,15H,3-9H2,1-2H3,(H,16,17)/t10?,11-,12+,13?/m0/s1. The zero-order chi connectivity index (χ0) is 12.3. The highest BCUT2D eigenvalue weighted by Gasteiger charge is 2.34. The lowest BCUT2D eigenvalue weighted by Gasteiger charge is -2.32. The van der Waals surface area contributed by atoms with Crippen LogP contribution in [0.3, 0.4) is 0 Å². The fourth-order valence-electron chi connectivity index (χ4n) is 3.34. The number of carbonyl (C=O) groups is 1. The summed E-state index contributed by atoms with van der Waals surface area (Å²) in [5.74, 6) is 2.12. The summed E-state index contributed by atoms with van der Waals surface area (Å²) >= 11 is 0. The number of carbonyl (C=O) groups excluding carboxylic acids is 1. The molecule has 3 nitrogen and oxygen atoms in total. The lowest BCUT2D eigenvalue weighted by Crippen LogP contribution is -2.42. The van der Waals surface area contributed by atoms with E-state index in [1.165, 1.54) is 25.8 Å². The van der Waals surface area contributed by atoms with Gasteiger partial charge < -0.3 is 10.6 Å². The third-order valence-electron chi connectivity index (χ3n) is 4.47. The number of hydrogen-bond donors (Lipinski definition) is 2. The number of hydrogen-bond acceptors (Lipinski definition) is 2. The molecule has 2 rings (SSSR count). The molecule has 1 aliphatic carbocycles. The summed E-state index contributed by atoms with van der Waals surface area (Å²) in [6.07, 6.45) is 5.74. The predicted molar refractivity (Wildman–Crippen MR) is 69.7 cm³/mol. The summed E-state index contributed by atoms with van der Waals surface area (Å²) in [7, 11) is 0. The van der Waals surface area contributed by atoms with E-state index in [1.807, 2.05) is 6.92 Å². The lowest BCUT2D eigenvalue weighted by molar-refractivity contribution is -0.125. The van der Waals surface area contributed by atoms with Crippen LogP contribution >= 0.6 is 0 Å². The normalized spacial score (nSPS) is 34.1. The van der Waals surface area contributed by atoms with Crippen molar-refractivity contribution in [1.82, 2.24) is 10.6 Å². The van der Waals surface area contributed by atoms with Crippen LogP contribution in [0.2, 0.25) is 0 Å². The summed E-state index contributed by atoms with van der Waals surface area (Å²) < 4.78 is 0. The van der Waals surface area contributed by atoms with Gasteiger partial charge >= 0.3 is 0 Å². The molecule has 0 aromatic carbocycles. The summed E-state index contributed by atoms with van der Waals surface area (Å²) in [6, 6.07) is 0.433. The van der Waals surface area contributed by atoms with Crippen LogP contribution in [-0.2, 0) is 4.79 Å². The monoisotopic (exact) mass is 238 g/mol. The minimum absolute atomic E-state index is 0.180. The Morgan fingerprint density at radius 1 is 1.35 bits per heavy atom. The maximum Gasteiger partial charge on any atom is 0.223 e. The van der Waals surface area contributed by atoms with Crippen molar-refractivity contribution < 1.29 is 4.79 Å². The van der Waals surface area contributed by atoms with Gasteiger partial charge in [-0.15, -0.1) is 0 Å². The van der Waals surface area contributed by atoms with Crippen LogP contribution in [0.5, 0.6) is 0 Å². The Morgan fingerprint density at radius 2 is 2.12 bits per heavy atom. The quantitative estimate of drug-likeness (QED) is 0.786. The second-order valence-corrected chi connectivity index (χ2v) is 5.89. The van der Waals surface area contributed by atoms with Crippen molar-refractivity contribution in [3.05, 3.63) is 0 Å². The minimum atomic E-state index is 0.180. The van der Waals surface area contributed by atoms with Gasteiger partial charge in [0.05, 0.1) is 0 Å². The molecular formula is C14H26N2O. The average Bonchev–Trinajstić information content (AvgIpc) is 2.76. The molecule has 1 saturated heterocycles. The SMILES string of the molecule is CCCC(C)C(=O)NC1CC[C@H]2CNC[C@H]2C1. The largest absolute Gasteiger partial charge is 0.353 e. The molecule has 4 atom stereocenters. The molecule has 2 N–H and O–H groups in total. The topological polar surface area (TPSA) is 41.1 Å². The second kappa shape index (κ2) is 5.85. The molecule has 2 aliphatic rings. The molecule has 0 radical (unpaired) electrons. The Morgan fingerprint density at radius 3 is 2.88 bits per heavy atom. The van der Waals surface area contributed by atoms with Crippen molar-refractivity contribution in [2.75, 3.05) is 13.1 Å². The summed E-state index contributed by atoms with van der Waals surface area (Å²) in [4.78, 5) is 12.0. The summed E-state index contributed by atoms with van der Waals surface area (Å²) in [5, 5.41) is 6.72. The average molecular weight is 238 g/mol. The Hall–Kier alpha value is -0.570. The molecule has 1 aliphatic heterocycles. The van der Waals surface area contributed by atoms with Gasteiger partial charge in [-0.05, 0) is 50.6 Å². The van der Waals surface area contributed by atoms with E-state index in [2.05, 4.69) is 17.6 Å². The lowest BCUT2D eigenvalue weighted by atomic mass is 9.79. The van der Waals surface area contributed by atoms with Gasteiger partial charge in [-0.3, -0.25) is 4.79 Å². The molecule has 1 heterocycles. The first-order chi connectivity index (χ1) is 8.20. The van der Waals surface area contributed by atoms with Crippen molar-refractivity contribution in [2.24, 2.45) is 17.8 Å². The highest BCUT2D eigenvalue weighted by atomic mass is 16.1. The maximum absolute atomic E-state index is 12.0. The Labute approximate surface area is 105 Å². The van der Waals surface area contributed by atoms with Crippen molar-refractivity contribution in [3.8, 4) is 0 Å². The van der Waals surface area contributed by atoms with Crippen molar-refractivity contribution in [3.63, 3.8) is 0 Å². The van der Waals surface area contributed by atoms with Crippen LogP contribution in [0.4, 0.5) is 0 Å². The third-order valence-corrected chi connectivity index (χ3v) is 4.47. The smallest absolute Gasteiger partial charge is 0.223 e. The molecule has 0 spiro atoms. The summed E-state index contributed by atoms with van der Waals surface area (Å²) in [6.45, 7) is 6.53. The van der Waals surface area contributed by atoms with Crippen molar-refractivity contribution >= 4 is 5.91 Å². The van der Waals surface area contributed by atoms with Gasteiger partial charge in [0, 0.05) is 12.0 Å². The fraction of sp³-hybridized carbons (Fsp3) is 0.929. The molecule has 17 heavy (non-hydrogen) atoms. The Balaban J connectivity index is 1.77. The van der Waals surface area contributed by atoms with Crippen LogP contribution in [-0.4, -0.2) is 25.0 Å². The predicted octanol–water partition coefficient (Wildman–Crippen LogP) is 1.93. The molecule has 0 aromatic rings. The first-order valence-electron chi connectivity index (χ1n) is 7.21. The molecular weight excluding hydrogens is 212 g/mol. The van der Waals surface area contributed by atoms with E-state index < -0.39 is 0 Å². The molecule has 2 fully saturated rings. The van der Waals surface area contributed by atoms with Crippen LogP contribution in [0.15, 0.2) is 0 Å². The number of amides is 1. The molecule has 98 valence electrons. The molecule has 0 bridgehead atoms. The molecule has 1 amide bonds. The number of fused-ring (bicyclic) bond motifs is 1. The Kier molecular flexibility index (Phi) is 4.43. The van der Waals surface area contributed by atoms with Gasteiger partial charge in [0.2, 0.25) is 5.91 Å². The Bertz CT molecular complexity index is 267. The fourth-order valence-corrected chi connectivity index (χ4v) is 3.34. The number of rotatable bonds is 4. The van der Waals surface area contributed by atoms with E-state index >= 15 is 0 Å². The van der Waals surface area contributed by atoms with Crippen molar-refractivity contribution in [2.45, 2.75) is 52.0 Å². The second-order valence-electron chi connectivity index (χ2n) is 5.89. The van der Waals surface area contributed by atoms with E-state index in [-0.39, 0.29) is 11.8 Å². The third kappa shape index (κ3) is 3.21. The number of nitrogens with one attached hydrogen (secondary N) is 2. The van der Waals surface area contributed by atoms with Crippen LogP contribution in [0.25, 0.3) is 0 Å². The first kappa shape index (κ1) is 12.9. The van der Waals surface area contributed by atoms with Gasteiger partial charge in [-0.2, -0.15) is 0 Å². The van der Waals surface area contributed by atoms with E-state index in [4.69, 9.17) is 0 Å². The summed E-state index contributed by atoms with van der Waals surface area (Å²) in [5.41, 5.74) is 0.